The monoisotopic (exact) mass is 422 g/mol. The molecule has 4 rings (SSSR count). The number of furan rings is 1. The number of nitrogens with zero attached hydrogens (tertiary/aromatic N) is 3. The van der Waals surface area contributed by atoms with Gasteiger partial charge in [0.25, 0.3) is 5.91 Å². The second kappa shape index (κ2) is 9.61. The summed E-state index contributed by atoms with van der Waals surface area (Å²) in [5.41, 5.74) is 1.17. The minimum Gasteiger partial charge on any atom is -0.467 e. The van der Waals surface area contributed by atoms with Gasteiger partial charge < -0.3 is 14.6 Å². The molecule has 1 aromatic heterocycles. The second-order valence-electron chi connectivity index (χ2n) is 7.70. The topological polar surface area (TPSA) is 86.1 Å². The summed E-state index contributed by atoms with van der Waals surface area (Å²) in [4.78, 5) is 42.5. The number of imide groups is 1. The summed E-state index contributed by atoms with van der Waals surface area (Å²) in [5.74, 6) is 0.0188. The minimum atomic E-state index is -0.818. The average Bonchev–Trinajstić information content (AvgIpc) is 3.39. The van der Waals surface area contributed by atoms with Crippen molar-refractivity contribution in [3.8, 4) is 0 Å². The van der Waals surface area contributed by atoms with Gasteiger partial charge in [0.15, 0.2) is 0 Å². The SMILES string of the molecule is O=C(CC1NC(=O)N(Cc2ccco2)C1=O)N1CCN(CC=Cc2ccccc2)CC1. The third-order valence-electron chi connectivity index (χ3n) is 5.58. The molecule has 8 heteroatoms. The number of hydrogen-bond acceptors (Lipinski definition) is 5. The van der Waals surface area contributed by atoms with Crippen LogP contribution in [-0.2, 0) is 16.1 Å². The van der Waals surface area contributed by atoms with Gasteiger partial charge in [-0.15, -0.1) is 0 Å². The van der Waals surface area contributed by atoms with Crippen molar-refractivity contribution in [1.29, 1.82) is 0 Å². The van der Waals surface area contributed by atoms with Crippen molar-refractivity contribution in [2.45, 2.75) is 19.0 Å². The first-order valence-electron chi connectivity index (χ1n) is 10.5. The van der Waals surface area contributed by atoms with Crippen LogP contribution in [0.1, 0.15) is 17.7 Å². The molecule has 2 aliphatic heterocycles. The molecule has 0 saturated carbocycles. The highest BCUT2D eigenvalue weighted by molar-refractivity contribution is 6.05. The van der Waals surface area contributed by atoms with Crippen LogP contribution in [0.3, 0.4) is 0 Å². The standard InChI is InChI=1S/C23H26N4O4/c28-21(16-20-22(29)27(23(30)24-20)17-19-9-5-15-31-19)26-13-11-25(12-14-26)10-4-8-18-6-2-1-3-7-18/h1-9,15,20H,10-14,16-17H2,(H,24,30). The third-order valence-corrected chi connectivity index (χ3v) is 5.58. The van der Waals surface area contributed by atoms with Gasteiger partial charge in [-0.05, 0) is 17.7 Å². The summed E-state index contributed by atoms with van der Waals surface area (Å²) in [7, 11) is 0. The molecule has 0 spiro atoms. The highest BCUT2D eigenvalue weighted by atomic mass is 16.3. The number of carbonyl (C=O) groups excluding carboxylic acids is 3. The van der Waals surface area contributed by atoms with Crippen LogP contribution in [0.25, 0.3) is 6.08 Å². The highest BCUT2D eigenvalue weighted by Gasteiger charge is 2.40. The van der Waals surface area contributed by atoms with Gasteiger partial charge in [-0.25, -0.2) is 4.79 Å². The smallest absolute Gasteiger partial charge is 0.325 e. The molecule has 3 heterocycles. The quantitative estimate of drug-likeness (QED) is 0.690. The fourth-order valence-electron chi connectivity index (χ4n) is 3.81. The molecule has 2 aliphatic rings. The van der Waals surface area contributed by atoms with Gasteiger partial charge in [0, 0.05) is 32.7 Å². The third kappa shape index (κ3) is 5.21. The molecule has 0 radical (unpaired) electrons. The Morgan fingerprint density at radius 3 is 2.55 bits per heavy atom. The molecule has 1 unspecified atom stereocenters. The Morgan fingerprint density at radius 1 is 1.06 bits per heavy atom. The summed E-state index contributed by atoms with van der Waals surface area (Å²) < 4.78 is 5.21. The Hall–Kier alpha value is -3.39. The van der Waals surface area contributed by atoms with Crippen molar-refractivity contribution >= 4 is 23.9 Å². The van der Waals surface area contributed by atoms with E-state index < -0.39 is 12.1 Å². The lowest BCUT2D eigenvalue weighted by Gasteiger charge is -2.34. The van der Waals surface area contributed by atoms with Gasteiger partial charge in [0.2, 0.25) is 5.91 Å². The van der Waals surface area contributed by atoms with Crippen molar-refractivity contribution in [2.24, 2.45) is 0 Å². The largest absolute Gasteiger partial charge is 0.467 e. The van der Waals surface area contributed by atoms with Crippen LogP contribution in [0.5, 0.6) is 0 Å². The van der Waals surface area contributed by atoms with Crippen LogP contribution in [0.15, 0.2) is 59.2 Å². The molecule has 2 saturated heterocycles. The van der Waals surface area contributed by atoms with Crippen molar-refractivity contribution in [3.05, 3.63) is 66.1 Å². The zero-order valence-electron chi connectivity index (χ0n) is 17.3. The predicted molar refractivity (Wildman–Crippen MR) is 115 cm³/mol. The van der Waals surface area contributed by atoms with Crippen molar-refractivity contribution in [3.63, 3.8) is 0 Å². The van der Waals surface area contributed by atoms with E-state index in [2.05, 4.69) is 34.5 Å². The van der Waals surface area contributed by atoms with Crippen LogP contribution in [0.4, 0.5) is 4.79 Å². The molecule has 31 heavy (non-hydrogen) atoms. The van der Waals surface area contributed by atoms with Gasteiger partial charge in [-0.1, -0.05) is 42.5 Å². The molecule has 2 aromatic rings. The molecule has 4 amide bonds. The number of nitrogens with one attached hydrogen (secondary N) is 1. The van der Waals surface area contributed by atoms with E-state index in [-0.39, 0.29) is 24.8 Å². The Bertz CT molecular complexity index is 934. The van der Waals surface area contributed by atoms with E-state index in [1.165, 1.54) is 11.8 Å². The Kier molecular flexibility index (Phi) is 6.47. The minimum absolute atomic E-state index is 0.0207. The van der Waals surface area contributed by atoms with Crippen molar-refractivity contribution in [2.75, 3.05) is 32.7 Å². The van der Waals surface area contributed by atoms with Gasteiger partial charge >= 0.3 is 6.03 Å². The lowest BCUT2D eigenvalue weighted by molar-refractivity contribution is -0.137. The fourth-order valence-corrected chi connectivity index (χ4v) is 3.81. The number of carbonyl (C=O) groups is 3. The van der Waals surface area contributed by atoms with Crippen LogP contribution in [-0.4, -0.2) is 71.3 Å². The van der Waals surface area contributed by atoms with E-state index in [0.717, 1.165) is 24.5 Å². The molecular weight excluding hydrogens is 396 g/mol. The molecule has 1 aromatic carbocycles. The number of amides is 4. The lowest BCUT2D eigenvalue weighted by atomic mass is 10.1. The summed E-state index contributed by atoms with van der Waals surface area (Å²) in [6, 6.07) is 12.2. The predicted octanol–water partition coefficient (Wildman–Crippen LogP) is 1.95. The zero-order valence-corrected chi connectivity index (χ0v) is 17.3. The van der Waals surface area contributed by atoms with Crippen molar-refractivity contribution in [1.82, 2.24) is 20.0 Å². The summed E-state index contributed by atoms with van der Waals surface area (Å²) in [6.07, 6.45) is 5.70. The first-order valence-corrected chi connectivity index (χ1v) is 10.5. The Labute approximate surface area is 181 Å². The number of piperazine rings is 1. The summed E-state index contributed by atoms with van der Waals surface area (Å²) >= 11 is 0. The molecule has 0 aliphatic carbocycles. The Morgan fingerprint density at radius 2 is 1.84 bits per heavy atom. The second-order valence-corrected chi connectivity index (χ2v) is 7.70. The van der Waals surface area contributed by atoms with E-state index in [1.807, 2.05) is 18.2 Å². The van der Waals surface area contributed by atoms with E-state index in [9.17, 15) is 14.4 Å². The maximum Gasteiger partial charge on any atom is 0.325 e. The van der Waals surface area contributed by atoms with Crippen molar-refractivity contribution < 1.29 is 18.8 Å². The van der Waals surface area contributed by atoms with Gasteiger partial charge in [0.1, 0.15) is 11.8 Å². The first kappa shape index (κ1) is 20.9. The maximum atomic E-state index is 12.7. The fraction of sp³-hybridized carbons (Fsp3) is 0.348. The number of benzene rings is 1. The van der Waals surface area contributed by atoms with Gasteiger partial charge in [-0.3, -0.25) is 19.4 Å². The average molecular weight is 422 g/mol. The molecular formula is C23H26N4O4. The summed E-state index contributed by atoms with van der Waals surface area (Å²) in [6.45, 7) is 3.68. The molecule has 1 atom stereocenters. The number of urea groups is 1. The van der Waals surface area contributed by atoms with E-state index >= 15 is 0 Å². The molecule has 0 bridgehead atoms. The van der Waals surface area contributed by atoms with Crippen LogP contribution in [0.2, 0.25) is 0 Å². The maximum absolute atomic E-state index is 12.7. The van der Waals surface area contributed by atoms with E-state index in [4.69, 9.17) is 4.42 Å². The number of hydrogen-bond donors (Lipinski definition) is 1. The van der Waals surface area contributed by atoms with Gasteiger partial charge in [0.05, 0.1) is 19.2 Å². The normalized spacial score (nSPS) is 19.9. The van der Waals surface area contributed by atoms with Gasteiger partial charge in [-0.2, -0.15) is 0 Å². The molecule has 2 fully saturated rings. The van der Waals surface area contributed by atoms with Crippen LogP contribution in [0, 0.1) is 0 Å². The molecule has 1 N–H and O–H groups in total. The van der Waals surface area contributed by atoms with E-state index in [0.29, 0.717) is 18.8 Å². The molecule has 8 nitrogen and oxygen atoms in total. The molecule has 162 valence electrons. The Balaban J connectivity index is 1.22. The zero-order chi connectivity index (χ0) is 21.6. The van der Waals surface area contributed by atoms with E-state index in [1.54, 1.807) is 17.0 Å². The lowest BCUT2D eigenvalue weighted by Crippen LogP contribution is -2.50. The summed E-state index contributed by atoms with van der Waals surface area (Å²) in [5, 5.41) is 2.62. The number of rotatable bonds is 7. The van der Waals surface area contributed by atoms with Crippen LogP contribution < -0.4 is 5.32 Å². The highest BCUT2D eigenvalue weighted by Crippen LogP contribution is 2.16. The van der Waals surface area contributed by atoms with Crippen LogP contribution >= 0.6 is 0 Å². The first-order chi connectivity index (χ1) is 15.1.